The maximum absolute atomic E-state index is 13.4. The summed E-state index contributed by atoms with van der Waals surface area (Å²) >= 11 is 5.81. The number of hydrogen-bond acceptors (Lipinski definition) is 3. The van der Waals surface area contributed by atoms with Gasteiger partial charge in [0.25, 0.3) is 0 Å². The first-order valence-electron chi connectivity index (χ1n) is 7.92. The maximum Gasteiger partial charge on any atom is 0.459 e. The smallest absolute Gasteiger partial charge is 0.459 e. The lowest BCUT2D eigenvalue weighted by Crippen LogP contribution is -2.52. The minimum Gasteiger partial charge on any atom is -0.506 e. The Kier molecular flexibility index (Phi) is 5.89. The molecule has 1 aromatic rings. The molecule has 0 aromatic heterocycles. The summed E-state index contributed by atoms with van der Waals surface area (Å²) in [5.41, 5.74) is 0.515. The van der Waals surface area contributed by atoms with Crippen LogP contribution in [0.3, 0.4) is 0 Å². The number of hydrogen-bond donors (Lipinski definition) is 2. The molecule has 1 aromatic carbocycles. The SMILES string of the molecule is CC1CN(C(=N)CCC(F)(F)C(F)(F)C(F)(F)F)N=C1c1cccc(Cl)c1O. The molecule has 0 spiro atoms. The van der Waals surface area contributed by atoms with E-state index in [1.165, 1.54) is 18.2 Å². The number of amidine groups is 1. The van der Waals surface area contributed by atoms with Crippen LogP contribution in [0.15, 0.2) is 23.3 Å². The van der Waals surface area contributed by atoms with Crippen molar-refractivity contribution < 1.29 is 35.8 Å². The van der Waals surface area contributed by atoms with Crippen molar-refractivity contribution in [3.8, 4) is 5.75 Å². The van der Waals surface area contributed by atoms with E-state index in [0.717, 1.165) is 5.01 Å². The summed E-state index contributed by atoms with van der Waals surface area (Å²) in [6.45, 7) is 1.65. The monoisotopic (exact) mass is 433 g/mol. The lowest BCUT2D eigenvalue weighted by Gasteiger charge is -2.28. The van der Waals surface area contributed by atoms with Gasteiger partial charge in [-0.05, 0) is 12.1 Å². The van der Waals surface area contributed by atoms with Gasteiger partial charge in [0.1, 0.15) is 11.6 Å². The highest BCUT2D eigenvalue weighted by molar-refractivity contribution is 6.32. The molecule has 1 aliphatic heterocycles. The Bertz CT molecular complexity index is 795. The molecule has 0 fully saturated rings. The van der Waals surface area contributed by atoms with E-state index >= 15 is 0 Å². The van der Waals surface area contributed by atoms with Gasteiger partial charge in [-0.15, -0.1) is 0 Å². The lowest BCUT2D eigenvalue weighted by atomic mass is 9.98. The van der Waals surface area contributed by atoms with E-state index in [-0.39, 0.29) is 34.5 Å². The molecule has 0 saturated carbocycles. The molecule has 28 heavy (non-hydrogen) atoms. The van der Waals surface area contributed by atoms with E-state index < -0.39 is 36.7 Å². The Balaban J connectivity index is 2.14. The van der Waals surface area contributed by atoms with Gasteiger partial charge in [0.05, 0.1) is 17.3 Å². The predicted molar refractivity (Wildman–Crippen MR) is 88.4 cm³/mol. The van der Waals surface area contributed by atoms with E-state index in [2.05, 4.69) is 5.10 Å². The van der Waals surface area contributed by atoms with Gasteiger partial charge in [0.2, 0.25) is 0 Å². The number of para-hydroxylation sites is 1. The zero-order chi connectivity index (χ0) is 21.5. The fourth-order valence-corrected chi connectivity index (χ4v) is 2.77. The Morgan fingerprint density at radius 3 is 2.43 bits per heavy atom. The van der Waals surface area contributed by atoms with E-state index in [1.807, 2.05) is 0 Å². The van der Waals surface area contributed by atoms with Gasteiger partial charge in [-0.1, -0.05) is 24.6 Å². The van der Waals surface area contributed by atoms with Gasteiger partial charge < -0.3 is 5.11 Å². The highest BCUT2D eigenvalue weighted by Crippen LogP contribution is 2.48. The number of benzene rings is 1. The molecule has 0 radical (unpaired) electrons. The average molecular weight is 434 g/mol. The fourth-order valence-electron chi connectivity index (χ4n) is 2.60. The molecule has 2 rings (SSSR count). The second kappa shape index (κ2) is 7.41. The maximum atomic E-state index is 13.4. The number of halogens is 8. The van der Waals surface area contributed by atoms with Crippen molar-refractivity contribution in [3.63, 3.8) is 0 Å². The molecular weight excluding hydrogens is 419 g/mol. The Labute approximate surface area is 160 Å². The van der Waals surface area contributed by atoms with Crippen molar-refractivity contribution >= 4 is 23.1 Å². The second-order valence-electron chi connectivity index (χ2n) is 6.33. The van der Waals surface area contributed by atoms with Crippen LogP contribution in [0.5, 0.6) is 5.75 Å². The Morgan fingerprint density at radius 2 is 1.86 bits per heavy atom. The third-order valence-corrected chi connectivity index (χ3v) is 4.51. The molecule has 4 nitrogen and oxygen atoms in total. The summed E-state index contributed by atoms with van der Waals surface area (Å²) in [5, 5.41) is 22.7. The van der Waals surface area contributed by atoms with Crippen molar-refractivity contribution in [1.82, 2.24) is 5.01 Å². The van der Waals surface area contributed by atoms with Crippen LogP contribution >= 0.6 is 11.6 Å². The first kappa shape index (κ1) is 22.3. The zero-order valence-corrected chi connectivity index (χ0v) is 15.1. The quantitative estimate of drug-likeness (QED) is 0.376. The number of phenols is 1. The Hall–Kier alpha value is -2.04. The number of rotatable bonds is 5. The number of phenolic OH excluding ortho intramolecular Hbond substituents is 1. The number of nitrogens with zero attached hydrogens (tertiary/aromatic N) is 2. The molecule has 1 unspecified atom stereocenters. The number of hydrazone groups is 1. The summed E-state index contributed by atoms with van der Waals surface area (Å²) < 4.78 is 89.2. The van der Waals surface area contributed by atoms with Crippen LogP contribution in [0.25, 0.3) is 0 Å². The standard InChI is InChI=1S/C16H15ClF7N3O/c1-8-7-27(26-12(8)9-3-2-4-10(17)13(9)28)11(25)5-6-14(18,19)15(20,21)16(22,23)24/h2-4,8,25,28H,5-7H2,1H3. The normalized spacial score (nSPS) is 18.4. The Morgan fingerprint density at radius 1 is 1.25 bits per heavy atom. The molecule has 1 aliphatic rings. The van der Waals surface area contributed by atoms with Crippen LogP contribution in [0, 0.1) is 11.3 Å². The van der Waals surface area contributed by atoms with Gasteiger partial charge in [0, 0.05) is 24.3 Å². The van der Waals surface area contributed by atoms with Crippen LogP contribution < -0.4 is 0 Å². The third-order valence-electron chi connectivity index (χ3n) is 4.21. The van der Waals surface area contributed by atoms with Gasteiger partial charge in [-0.25, -0.2) is 0 Å². The molecule has 0 amide bonds. The molecule has 0 bridgehead atoms. The van der Waals surface area contributed by atoms with Crippen LogP contribution in [0.2, 0.25) is 5.02 Å². The van der Waals surface area contributed by atoms with Crippen molar-refractivity contribution in [2.24, 2.45) is 11.0 Å². The van der Waals surface area contributed by atoms with Crippen molar-refractivity contribution in [1.29, 1.82) is 5.41 Å². The number of aromatic hydroxyl groups is 1. The summed E-state index contributed by atoms with van der Waals surface area (Å²) in [7, 11) is 0. The van der Waals surface area contributed by atoms with E-state index in [1.54, 1.807) is 6.92 Å². The van der Waals surface area contributed by atoms with E-state index in [9.17, 15) is 35.8 Å². The van der Waals surface area contributed by atoms with Crippen LogP contribution in [0.4, 0.5) is 30.7 Å². The van der Waals surface area contributed by atoms with Crippen LogP contribution in [0.1, 0.15) is 25.3 Å². The highest BCUT2D eigenvalue weighted by Gasteiger charge is 2.72. The molecular formula is C16H15ClF7N3O. The average Bonchev–Trinajstić information content (AvgIpc) is 2.96. The van der Waals surface area contributed by atoms with Crippen molar-refractivity contribution in [2.75, 3.05) is 6.54 Å². The van der Waals surface area contributed by atoms with Gasteiger partial charge >= 0.3 is 18.0 Å². The second-order valence-corrected chi connectivity index (χ2v) is 6.73. The molecule has 12 heteroatoms. The predicted octanol–water partition coefficient (Wildman–Crippen LogP) is 5.29. The van der Waals surface area contributed by atoms with Gasteiger partial charge in [0.15, 0.2) is 0 Å². The summed E-state index contributed by atoms with van der Waals surface area (Å²) in [5.74, 6) is -12.9. The number of nitrogens with one attached hydrogen (secondary N) is 1. The summed E-state index contributed by atoms with van der Waals surface area (Å²) in [6.07, 6.45) is -9.34. The first-order chi connectivity index (χ1) is 12.7. The number of alkyl halides is 7. The van der Waals surface area contributed by atoms with Crippen molar-refractivity contribution in [2.45, 2.75) is 37.8 Å². The molecule has 0 aliphatic carbocycles. The van der Waals surface area contributed by atoms with Gasteiger partial charge in [-0.2, -0.15) is 35.8 Å². The molecule has 0 saturated heterocycles. The largest absolute Gasteiger partial charge is 0.506 e. The zero-order valence-electron chi connectivity index (χ0n) is 14.3. The minimum atomic E-state index is -6.41. The van der Waals surface area contributed by atoms with E-state index in [0.29, 0.717) is 0 Å². The summed E-state index contributed by atoms with van der Waals surface area (Å²) in [4.78, 5) is 0. The molecule has 1 atom stereocenters. The van der Waals surface area contributed by atoms with Crippen LogP contribution in [-0.2, 0) is 0 Å². The summed E-state index contributed by atoms with van der Waals surface area (Å²) in [6, 6.07) is 4.44. The van der Waals surface area contributed by atoms with Gasteiger partial charge in [-0.3, -0.25) is 10.4 Å². The molecule has 2 N–H and O–H groups in total. The topological polar surface area (TPSA) is 59.7 Å². The lowest BCUT2D eigenvalue weighted by molar-refractivity contribution is -0.355. The van der Waals surface area contributed by atoms with Crippen molar-refractivity contribution in [3.05, 3.63) is 28.8 Å². The minimum absolute atomic E-state index is 0.00134. The molecule has 1 heterocycles. The van der Waals surface area contributed by atoms with E-state index in [4.69, 9.17) is 17.0 Å². The fraction of sp³-hybridized carbons (Fsp3) is 0.500. The highest BCUT2D eigenvalue weighted by atomic mass is 35.5. The third kappa shape index (κ3) is 4.03. The van der Waals surface area contributed by atoms with Crippen LogP contribution in [-0.4, -0.2) is 46.2 Å². The first-order valence-corrected chi connectivity index (χ1v) is 8.30. The molecule has 156 valence electrons.